The number of aromatic nitrogens is 5. The van der Waals surface area contributed by atoms with Crippen molar-refractivity contribution in [3.05, 3.63) is 86.1 Å². The van der Waals surface area contributed by atoms with Gasteiger partial charge in [-0.25, -0.2) is 9.78 Å². The van der Waals surface area contributed by atoms with Crippen molar-refractivity contribution >= 4 is 11.2 Å². The summed E-state index contributed by atoms with van der Waals surface area (Å²) in [5.41, 5.74) is 1.46. The molecule has 0 fully saturated rings. The van der Waals surface area contributed by atoms with Crippen LogP contribution in [0.5, 0.6) is 5.75 Å². The summed E-state index contributed by atoms with van der Waals surface area (Å²) in [6.07, 6.45) is -3.01. The number of alkyl halides is 3. The number of nitrogens with zero attached hydrogens (tertiary/aromatic N) is 5. The molecule has 0 aliphatic rings. The predicted octanol–water partition coefficient (Wildman–Crippen LogP) is 2.67. The van der Waals surface area contributed by atoms with Gasteiger partial charge in [0.2, 0.25) is 0 Å². The van der Waals surface area contributed by atoms with Crippen LogP contribution in [-0.2, 0) is 27.1 Å². The van der Waals surface area contributed by atoms with Gasteiger partial charge in [0.15, 0.2) is 11.2 Å². The van der Waals surface area contributed by atoms with Gasteiger partial charge in [-0.1, -0.05) is 18.2 Å². The minimum Gasteiger partial charge on any atom is -0.406 e. The van der Waals surface area contributed by atoms with E-state index in [-0.39, 0.29) is 29.9 Å². The van der Waals surface area contributed by atoms with E-state index in [0.717, 1.165) is 10.1 Å². The van der Waals surface area contributed by atoms with Gasteiger partial charge in [-0.05, 0) is 36.2 Å². The Morgan fingerprint density at radius 1 is 1.06 bits per heavy atom. The molecule has 0 spiro atoms. The molecule has 0 saturated heterocycles. The largest absolute Gasteiger partial charge is 0.573 e. The van der Waals surface area contributed by atoms with Gasteiger partial charge in [0.05, 0.1) is 12.2 Å². The number of imidazole rings is 1. The first kappa shape index (κ1) is 22.3. The molecule has 33 heavy (non-hydrogen) atoms. The standard InChI is InChI=1S/C22H20F3N5O3/c1-13-7-8-15(26-11-13)12-30-17(10-14-5-4-6-16(9-14)33-22(23,24)25)27-19-18(30)20(31)29(3)21(32)28(19)2/h4-9,11H,10,12H2,1-3H3. The third-order valence-corrected chi connectivity index (χ3v) is 5.21. The Bertz CT molecular complexity index is 1450. The molecule has 0 saturated carbocycles. The van der Waals surface area contributed by atoms with E-state index in [1.165, 1.54) is 36.9 Å². The zero-order valence-corrected chi connectivity index (χ0v) is 18.1. The first-order valence-corrected chi connectivity index (χ1v) is 9.95. The van der Waals surface area contributed by atoms with E-state index in [2.05, 4.69) is 14.7 Å². The molecule has 1 aromatic carbocycles. The molecule has 3 heterocycles. The van der Waals surface area contributed by atoms with Crippen molar-refractivity contribution in [3.63, 3.8) is 0 Å². The summed E-state index contributed by atoms with van der Waals surface area (Å²) in [5, 5.41) is 0. The summed E-state index contributed by atoms with van der Waals surface area (Å²) in [7, 11) is 2.89. The lowest BCUT2D eigenvalue weighted by Gasteiger charge is -2.11. The SMILES string of the molecule is Cc1ccc(Cn2c(Cc3cccc(OC(F)(F)F)c3)nc3c2c(=O)n(C)c(=O)n3C)nc1. The van der Waals surface area contributed by atoms with Crippen LogP contribution >= 0.6 is 0 Å². The van der Waals surface area contributed by atoms with Crippen LogP contribution in [0.3, 0.4) is 0 Å². The van der Waals surface area contributed by atoms with E-state index in [0.29, 0.717) is 17.1 Å². The number of ether oxygens (including phenoxy) is 1. The first-order chi connectivity index (χ1) is 15.5. The van der Waals surface area contributed by atoms with Crippen LogP contribution in [-0.4, -0.2) is 30.0 Å². The molecule has 11 heteroatoms. The fraction of sp³-hybridized carbons (Fsp3) is 0.273. The molecule has 0 bridgehead atoms. The Labute approximate surface area is 185 Å². The molecule has 0 atom stereocenters. The van der Waals surface area contributed by atoms with Crippen LogP contribution in [0, 0.1) is 6.92 Å². The fourth-order valence-corrected chi connectivity index (χ4v) is 3.59. The smallest absolute Gasteiger partial charge is 0.406 e. The minimum atomic E-state index is -4.81. The Morgan fingerprint density at radius 2 is 1.82 bits per heavy atom. The lowest BCUT2D eigenvalue weighted by atomic mass is 10.1. The van der Waals surface area contributed by atoms with Gasteiger partial charge in [0.25, 0.3) is 5.56 Å². The predicted molar refractivity (Wildman–Crippen MR) is 114 cm³/mol. The molecule has 172 valence electrons. The van der Waals surface area contributed by atoms with E-state index < -0.39 is 17.6 Å². The first-order valence-electron chi connectivity index (χ1n) is 9.95. The molecular weight excluding hydrogens is 439 g/mol. The van der Waals surface area contributed by atoms with E-state index >= 15 is 0 Å². The third-order valence-electron chi connectivity index (χ3n) is 5.21. The van der Waals surface area contributed by atoms with Crippen molar-refractivity contribution < 1.29 is 17.9 Å². The summed E-state index contributed by atoms with van der Waals surface area (Å²) < 4.78 is 45.8. The van der Waals surface area contributed by atoms with Gasteiger partial charge in [-0.2, -0.15) is 0 Å². The average Bonchev–Trinajstić information content (AvgIpc) is 3.09. The Balaban J connectivity index is 1.85. The summed E-state index contributed by atoms with van der Waals surface area (Å²) in [5.74, 6) is 0.0426. The van der Waals surface area contributed by atoms with Gasteiger partial charge >= 0.3 is 12.1 Å². The van der Waals surface area contributed by atoms with E-state index in [1.807, 2.05) is 19.1 Å². The summed E-state index contributed by atoms with van der Waals surface area (Å²) in [6.45, 7) is 2.09. The molecule has 0 aliphatic carbocycles. The molecule has 0 unspecified atom stereocenters. The highest BCUT2D eigenvalue weighted by Gasteiger charge is 2.31. The zero-order chi connectivity index (χ0) is 23.9. The number of hydrogen-bond acceptors (Lipinski definition) is 5. The second-order valence-electron chi connectivity index (χ2n) is 7.69. The van der Waals surface area contributed by atoms with Crippen molar-refractivity contribution in [1.82, 2.24) is 23.7 Å². The van der Waals surface area contributed by atoms with Crippen LogP contribution < -0.4 is 16.0 Å². The lowest BCUT2D eigenvalue weighted by Crippen LogP contribution is -2.37. The quantitative estimate of drug-likeness (QED) is 0.458. The maximum absolute atomic E-state index is 13.0. The van der Waals surface area contributed by atoms with Crippen LogP contribution in [0.25, 0.3) is 11.2 Å². The second-order valence-corrected chi connectivity index (χ2v) is 7.69. The number of hydrogen-bond donors (Lipinski definition) is 0. The van der Waals surface area contributed by atoms with Crippen molar-refractivity contribution in [3.8, 4) is 5.75 Å². The number of pyridine rings is 1. The van der Waals surface area contributed by atoms with Crippen LogP contribution in [0.4, 0.5) is 13.2 Å². The van der Waals surface area contributed by atoms with Crippen molar-refractivity contribution in [2.45, 2.75) is 26.3 Å². The molecular formula is C22H20F3N5O3. The Morgan fingerprint density at radius 3 is 2.48 bits per heavy atom. The summed E-state index contributed by atoms with van der Waals surface area (Å²) in [6, 6.07) is 9.24. The van der Waals surface area contributed by atoms with E-state index in [4.69, 9.17) is 0 Å². The average molecular weight is 459 g/mol. The molecule has 4 rings (SSSR count). The highest BCUT2D eigenvalue weighted by Crippen LogP contribution is 2.25. The molecule has 0 N–H and O–H groups in total. The van der Waals surface area contributed by atoms with E-state index in [9.17, 15) is 22.8 Å². The topological polar surface area (TPSA) is 83.9 Å². The Kier molecular flexibility index (Phi) is 5.56. The summed E-state index contributed by atoms with van der Waals surface area (Å²) >= 11 is 0. The van der Waals surface area contributed by atoms with Crippen molar-refractivity contribution in [2.24, 2.45) is 14.1 Å². The lowest BCUT2D eigenvalue weighted by molar-refractivity contribution is -0.274. The van der Waals surface area contributed by atoms with Gasteiger partial charge < -0.3 is 9.30 Å². The molecule has 0 amide bonds. The van der Waals surface area contributed by atoms with Gasteiger partial charge in [-0.3, -0.25) is 18.9 Å². The highest BCUT2D eigenvalue weighted by atomic mass is 19.4. The number of halogens is 3. The number of fused-ring (bicyclic) bond motifs is 1. The minimum absolute atomic E-state index is 0.104. The number of aryl methyl sites for hydroxylation is 2. The molecule has 3 aromatic heterocycles. The summed E-state index contributed by atoms with van der Waals surface area (Å²) in [4.78, 5) is 34.3. The maximum Gasteiger partial charge on any atom is 0.573 e. The molecule has 0 aliphatic heterocycles. The molecule has 8 nitrogen and oxygen atoms in total. The van der Waals surface area contributed by atoms with Crippen LogP contribution in [0.2, 0.25) is 0 Å². The maximum atomic E-state index is 13.0. The molecule has 4 aromatic rings. The van der Waals surface area contributed by atoms with Crippen LogP contribution in [0.15, 0.2) is 52.2 Å². The third kappa shape index (κ3) is 4.52. The monoisotopic (exact) mass is 459 g/mol. The Hall–Kier alpha value is -3.89. The zero-order valence-electron chi connectivity index (χ0n) is 18.1. The van der Waals surface area contributed by atoms with Gasteiger partial charge in [0.1, 0.15) is 11.6 Å². The van der Waals surface area contributed by atoms with Gasteiger partial charge in [0, 0.05) is 26.7 Å². The highest BCUT2D eigenvalue weighted by molar-refractivity contribution is 5.71. The van der Waals surface area contributed by atoms with Crippen LogP contribution in [0.1, 0.15) is 22.6 Å². The van der Waals surface area contributed by atoms with Crippen molar-refractivity contribution in [1.29, 1.82) is 0 Å². The second kappa shape index (κ2) is 8.23. The molecule has 0 radical (unpaired) electrons. The van der Waals surface area contributed by atoms with Crippen molar-refractivity contribution in [2.75, 3.05) is 0 Å². The fourth-order valence-electron chi connectivity index (χ4n) is 3.59. The van der Waals surface area contributed by atoms with Gasteiger partial charge in [-0.15, -0.1) is 13.2 Å². The number of benzene rings is 1. The van der Waals surface area contributed by atoms with E-state index in [1.54, 1.807) is 16.8 Å². The number of rotatable bonds is 5. The normalized spacial score (nSPS) is 11.8.